The Bertz CT molecular complexity index is 1260. The monoisotopic (exact) mass is 519 g/mol. The van der Waals surface area contributed by atoms with E-state index in [9.17, 15) is 0 Å². The van der Waals surface area contributed by atoms with Gasteiger partial charge in [0.25, 0.3) is 0 Å². The smallest absolute Gasteiger partial charge is 0.250 e. The summed E-state index contributed by atoms with van der Waals surface area (Å²) >= 11 is 3.44. The summed E-state index contributed by atoms with van der Waals surface area (Å²) in [4.78, 5) is 15.7. The number of halogens is 1. The fourth-order valence-electron chi connectivity index (χ4n) is 3.37. The Labute approximate surface area is 205 Å². The zero-order valence-electron chi connectivity index (χ0n) is 18.2. The first-order valence-electron chi connectivity index (χ1n) is 10.8. The number of ether oxygens (including phenoxy) is 1. The van der Waals surface area contributed by atoms with Crippen LogP contribution in [0.15, 0.2) is 80.7 Å². The number of furan rings is 1. The van der Waals surface area contributed by atoms with Crippen molar-refractivity contribution in [1.29, 1.82) is 0 Å². The molecule has 172 valence electrons. The predicted molar refractivity (Wildman–Crippen MR) is 136 cm³/mol. The van der Waals surface area contributed by atoms with E-state index in [0.717, 1.165) is 21.5 Å². The van der Waals surface area contributed by atoms with Gasteiger partial charge in [0.2, 0.25) is 17.8 Å². The number of aromatic nitrogens is 3. The molecule has 0 spiro atoms. The van der Waals surface area contributed by atoms with Crippen molar-refractivity contribution in [2.45, 2.75) is 0 Å². The summed E-state index contributed by atoms with van der Waals surface area (Å²) in [5.41, 5.74) is 4.77. The lowest BCUT2D eigenvalue weighted by Crippen LogP contribution is -2.37. The summed E-state index contributed by atoms with van der Waals surface area (Å²) in [5, 5.41) is 7.49. The average Bonchev–Trinajstić information content (AvgIpc) is 3.34. The Morgan fingerprint density at radius 1 is 0.882 bits per heavy atom. The topological polar surface area (TPSA) is 101 Å². The quantitative estimate of drug-likeness (QED) is 0.262. The second-order valence-corrected chi connectivity index (χ2v) is 8.37. The molecule has 2 aromatic carbocycles. The summed E-state index contributed by atoms with van der Waals surface area (Å²) < 4.78 is 12.3. The molecule has 3 heterocycles. The van der Waals surface area contributed by atoms with E-state index in [-0.39, 0.29) is 0 Å². The van der Waals surface area contributed by atoms with Gasteiger partial charge in [0, 0.05) is 28.8 Å². The molecule has 10 heteroatoms. The number of morpholine rings is 1. The first kappa shape index (κ1) is 22.1. The molecule has 0 radical (unpaired) electrons. The van der Waals surface area contributed by atoms with Crippen LogP contribution in [-0.2, 0) is 4.74 Å². The SMILES string of the molecule is Brc1ccc(-c2ccc(C=NNc3nc(Nc4ccccc4)nc(N4CCOCC4)n3)o2)cc1. The molecule has 2 aromatic heterocycles. The maximum Gasteiger partial charge on any atom is 0.250 e. The van der Waals surface area contributed by atoms with Crippen molar-refractivity contribution in [2.24, 2.45) is 5.10 Å². The van der Waals surface area contributed by atoms with Crippen LogP contribution in [0.3, 0.4) is 0 Å². The summed E-state index contributed by atoms with van der Waals surface area (Å²) in [6.07, 6.45) is 1.59. The average molecular weight is 520 g/mol. The van der Waals surface area contributed by atoms with Crippen LogP contribution in [0.1, 0.15) is 5.76 Å². The van der Waals surface area contributed by atoms with Gasteiger partial charge in [-0.1, -0.05) is 46.3 Å². The van der Waals surface area contributed by atoms with E-state index in [0.29, 0.717) is 49.9 Å². The van der Waals surface area contributed by atoms with Crippen molar-refractivity contribution in [3.8, 4) is 11.3 Å². The van der Waals surface area contributed by atoms with Crippen LogP contribution in [0, 0.1) is 0 Å². The minimum absolute atomic E-state index is 0.325. The highest BCUT2D eigenvalue weighted by Crippen LogP contribution is 2.23. The van der Waals surface area contributed by atoms with Gasteiger partial charge >= 0.3 is 0 Å². The van der Waals surface area contributed by atoms with Crippen LogP contribution in [0.2, 0.25) is 0 Å². The summed E-state index contributed by atoms with van der Waals surface area (Å²) in [5.74, 6) is 2.68. The van der Waals surface area contributed by atoms with Crippen molar-refractivity contribution >= 4 is 45.7 Å². The summed E-state index contributed by atoms with van der Waals surface area (Å²) in [6.45, 7) is 2.69. The van der Waals surface area contributed by atoms with E-state index in [4.69, 9.17) is 9.15 Å². The Morgan fingerprint density at radius 2 is 1.65 bits per heavy atom. The number of nitrogens with one attached hydrogen (secondary N) is 2. The molecule has 1 aliphatic heterocycles. The predicted octanol–water partition coefficient (Wildman–Crippen LogP) is 4.92. The molecule has 0 bridgehead atoms. The number of benzene rings is 2. The van der Waals surface area contributed by atoms with Crippen LogP contribution in [0.5, 0.6) is 0 Å². The number of anilines is 4. The van der Waals surface area contributed by atoms with Crippen LogP contribution >= 0.6 is 15.9 Å². The highest BCUT2D eigenvalue weighted by Gasteiger charge is 2.16. The molecule has 0 amide bonds. The van der Waals surface area contributed by atoms with Gasteiger partial charge in [0.15, 0.2) is 0 Å². The van der Waals surface area contributed by atoms with Gasteiger partial charge in [-0.05, 0) is 36.4 Å². The van der Waals surface area contributed by atoms with Gasteiger partial charge in [-0.3, -0.25) is 0 Å². The van der Waals surface area contributed by atoms with E-state index in [2.05, 4.69) is 51.6 Å². The third-order valence-corrected chi connectivity index (χ3v) is 5.59. The largest absolute Gasteiger partial charge is 0.455 e. The van der Waals surface area contributed by atoms with Crippen molar-refractivity contribution in [2.75, 3.05) is 41.9 Å². The van der Waals surface area contributed by atoms with Gasteiger partial charge in [0.1, 0.15) is 11.5 Å². The number of nitrogens with zero attached hydrogens (tertiary/aromatic N) is 5. The third-order valence-electron chi connectivity index (χ3n) is 5.06. The molecule has 2 N–H and O–H groups in total. The van der Waals surface area contributed by atoms with E-state index >= 15 is 0 Å². The summed E-state index contributed by atoms with van der Waals surface area (Å²) in [6, 6.07) is 21.4. The Morgan fingerprint density at radius 3 is 2.44 bits per heavy atom. The van der Waals surface area contributed by atoms with Gasteiger partial charge in [0.05, 0.1) is 19.4 Å². The van der Waals surface area contributed by atoms with E-state index in [1.165, 1.54) is 0 Å². The maximum atomic E-state index is 5.88. The van der Waals surface area contributed by atoms with Crippen molar-refractivity contribution < 1.29 is 9.15 Å². The molecule has 0 atom stereocenters. The van der Waals surface area contributed by atoms with Gasteiger partial charge < -0.3 is 19.4 Å². The molecule has 1 fully saturated rings. The van der Waals surface area contributed by atoms with Crippen LogP contribution in [-0.4, -0.2) is 47.5 Å². The minimum atomic E-state index is 0.325. The molecule has 9 nitrogen and oxygen atoms in total. The van der Waals surface area contributed by atoms with E-state index in [1.54, 1.807) is 6.21 Å². The van der Waals surface area contributed by atoms with Crippen molar-refractivity contribution in [3.05, 3.63) is 77.0 Å². The molecule has 0 saturated carbocycles. The third kappa shape index (κ3) is 5.59. The highest BCUT2D eigenvalue weighted by molar-refractivity contribution is 9.10. The molecule has 5 rings (SSSR count). The lowest BCUT2D eigenvalue weighted by atomic mass is 10.2. The highest BCUT2D eigenvalue weighted by atomic mass is 79.9. The van der Waals surface area contributed by atoms with Gasteiger partial charge in [-0.15, -0.1) is 0 Å². The van der Waals surface area contributed by atoms with Crippen LogP contribution < -0.4 is 15.6 Å². The van der Waals surface area contributed by atoms with Gasteiger partial charge in [-0.2, -0.15) is 20.1 Å². The lowest BCUT2D eigenvalue weighted by Gasteiger charge is -2.27. The van der Waals surface area contributed by atoms with Crippen molar-refractivity contribution in [3.63, 3.8) is 0 Å². The molecule has 1 aliphatic rings. The standard InChI is InChI=1S/C24H22BrN7O2/c25-18-8-6-17(7-9-18)21-11-10-20(34-21)16-26-31-23-28-22(27-19-4-2-1-3-5-19)29-24(30-23)32-12-14-33-15-13-32/h1-11,16H,12-15H2,(H2,27,28,29,30,31). The zero-order valence-corrected chi connectivity index (χ0v) is 19.8. The second-order valence-electron chi connectivity index (χ2n) is 7.45. The molecule has 0 aliphatic carbocycles. The number of hydrogen-bond donors (Lipinski definition) is 2. The first-order valence-corrected chi connectivity index (χ1v) is 11.6. The van der Waals surface area contributed by atoms with Gasteiger partial charge in [-0.25, -0.2) is 5.43 Å². The first-order chi connectivity index (χ1) is 16.7. The van der Waals surface area contributed by atoms with E-state index in [1.807, 2.05) is 66.7 Å². The summed E-state index contributed by atoms with van der Waals surface area (Å²) in [7, 11) is 0. The number of hydrogen-bond acceptors (Lipinski definition) is 9. The van der Waals surface area contributed by atoms with E-state index < -0.39 is 0 Å². The molecule has 34 heavy (non-hydrogen) atoms. The number of para-hydroxylation sites is 1. The Hall–Kier alpha value is -3.76. The fraction of sp³-hybridized carbons (Fsp3) is 0.167. The second kappa shape index (κ2) is 10.4. The maximum absolute atomic E-state index is 5.88. The molecule has 0 unspecified atom stereocenters. The lowest BCUT2D eigenvalue weighted by molar-refractivity contribution is 0.122. The Kier molecular flexibility index (Phi) is 6.78. The minimum Gasteiger partial charge on any atom is -0.455 e. The Balaban J connectivity index is 1.33. The molecule has 1 saturated heterocycles. The number of rotatable bonds is 7. The number of hydrazone groups is 1. The normalized spacial score (nSPS) is 13.9. The van der Waals surface area contributed by atoms with Crippen LogP contribution in [0.25, 0.3) is 11.3 Å². The fourth-order valence-corrected chi connectivity index (χ4v) is 3.64. The molecular formula is C24H22BrN7O2. The van der Waals surface area contributed by atoms with Crippen molar-refractivity contribution in [1.82, 2.24) is 15.0 Å². The molecule has 4 aromatic rings. The zero-order chi connectivity index (χ0) is 23.2. The van der Waals surface area contributed by atoms with Crippen LogP contribution in [0.4, 0.5) is 23.5 Å². The molecular weight excluding hydrogens is 498 g/mol.